The number of ether oxygens (including phenoxy) is 1. The van der Waals surface area contributed by atoms with E-state index in [0.717, 1.165) is 30.3 Å². The molecule has 0 aliphatic rings. The maximum Gasteiger partial charge on any atom is 0.158 e. The first kappa shape index (κ1) is 15.3. The normalized spacial score (nSPS) is 10.6. The number of nitrogens with zero attached hydrogens (tertiary/aromatic N) is 3. The van der Waals surface area contributed by atoms with Gasteiger partial charge in [-0.05, 0) is 19.9 Å². The number of nitrogens with one attached hydrogen (secondary N) is 1. The Bertz CT molecular complexity index is 543. The lowest BCUT2D eigenvalue weighted by Gasteiger charge is -2.19. The van der Waals surface area contributed by atoms with Crippen molar-refractivity contribution in [3.63, 3.8) is 0 Å². The maximum absolute atomic E-state index is 5.41. The van der Waals surface area contributed by atoms with Gasteiger partial charge < -0.3 is 19.4 Å². The number of hydrogen-bond acceptors (Lipinski definition) is 6. The van der Waals surface area contributed by atoms with Gasteiger partial charge in [0, 0.05) is 38.4 Å². The molecule has 0 amide bonds. The molecule has 2 aromatic rings. The summed E-state index contributed by atoms with van der Waals surface area (Å²) in [6.07, 6.45) is 3.41. The molecule has 0 aliphatic carbocycles. The van der Waals surface area contributed by atoms with E-state index < -0.39 is 0 Å². The summed E-state index contributed by atoms with van der Waals surface area (Å²) in [6.45, 7) is 6.61. The van der Waals surface area contributed by atoms with Crippen LogP contribution in [-0.2, 0) is 17.9 Å². The van der Waals surface area contributed by atoms with Gasteiger partial charge in [-0.1, -0.05) is 0 Å². The van der Waals surface area contributed by atoms with Crippen LogP contribution in [0.25, 0.3) is 0 Å². The van der Waals surface area contributed by atoms with Crippen LogP contribution in [0, 0.1) is 0 Å². The molecule has 21 heavy (non-hydrogen) atoms. The fraction of sp³-hybridized carbons (Fsp3) is 0.467. The van der Waals surface area contributed by atoms with Gasteiger partial charge in [0.1, 0.15) is 18.2 Å². The predicted molar refractivity (Wildman–Crippen MR) is 82.3 cm³/mol. The third-order valence-corrected chi connectivity index (χ3v) is 2.94. The highest BCUT2D eigenvalue weighted by Crippen LogP contribution is 2.17. The molecule has 6 nitrogen and oxygen atoms in total. The standard InChI is InChI=1S/C15H22N4O2/c1-4-16-13-8-15(18-14(17-13)11-20-5-2)19(3)9-12-6-7-21-10-12/h6-8,10H,4-5,9,11H2,1-3H3,(H,16,17,18). The molecule has 0 saturated heterocycles. The fourth-order valence-corrected chi connectivity index (χ4v) is 1.95. The van der Waals surface area contributed by atoms with Crippen molar-refractivity contribution in [3.8, 4) is 0 Å². The molecule has 2 heterocycles. The first-order valence-electron chi connectivity index (χ1n) is 7.14. The summed E-state index contributed by atoms with van der Waals surface area (Å²) in [5, 5.41) is 3.23. The third-order valence-electron chi connectivity index (χ3n) is 2.94. The van der Waals surface area contributed by atoms with Crippen LogP contribution >= 0.6 is 0 Å². The van der Waals surface area contributed by atoms with Crippen LogP contribution in [0.5, 0.6) is 0 Å². The Balaban J connectivity index is 2.17. The predicted octanol–water partition coefficient (Wildman–Crippen LogP) is 2.67. The van der Waals surface area contributed by atoms with Crippen molar-refractivity contribution in [2.24, 2.45) is 0 Å². The Morgan fingerprint density at radius 1 is 1.33 bits per heavy atom. The fourth-order valence-electron chi connectivity index (χ4n) is 1.95. The van der Waals surface area contributed by atoms with Crippen molar-refractivity contribution >= 4 is 11.6 Å². The zero-order chi connectivity index (χ0) is 15.1. The summed E-state index contributed by atoms with van der Waals surface area (Å²) in [4.78, 5) is 11.1. The molecule has 2 aromatic heterocycles. The summed E-state index contributed by atoms with van der Waals surface area (Å²) < 4.78 is 10.5. The van der Waals surface area contributed by atoms with E-state index in [2.05, 4.69) is 20.2 Å². The summed E-state index contributed by atoms with van der Waals surface area (Å²) in [5.41, 5.74) is 1.10. The van der Waals surface area contributed by atoms with E-state index in [0.29, 0.717) is 19.0 Å². The molecule has 6 heteroatoms. The van der Waals surface area contributed by atoms with E-state index in [1.807, 2.05) is 33.0 Å². The number of rotatable bonds is 8. The van der Waals surface area contributed by atoms with E-state index in [-0.39, 0.29) is 0 Å². The van der Waals surface area contributed by atoms with Gasteiger partial charge in [-0.15, -0.1) is 0 Å². The highest BCUT2D eigenvalue weighted by molar-refractivity contribution is 5.49. The van der Waals surface area contributed by atoms with Gasteiger partial charge in [-0.3, -0.25) is 0 Å². The van der Waals surface area contributed by atoms with Gasteiger partial charge in [0.2, 0.25) is 0 Å². The number of aromatic nitrogens is 2. The number of hydrogen-bond donors (Lipinski definition) is 1. The second kappa shape index (κ2) is 7.64. The maximum atomic E-state index is 5.41. The summed E-state index contributed by atoms with van der Waals surface area (Å²) in [7, 11) is 2.00. The van der Waals surface area contributed by atoms with Crippen LogP contribution in [0.2, 0.25) is 0 Å². The molecular weight excluding hydrogens is 268 g/mol. The van der Waals surface area contributed by atoms with Crippen molar-refractivity contribution in [2.75, 3.05) is 30.4 Å². The average Bonchev–Trinajstić information content (AvgIpc) is 2.98. The topological polar surface area (TPSA) is 63.4 Å². The van der Waals surface area contributed by atoms with Crippen molar-refractivity contribution in [1.82, 2.24) is 9.97 Å². The molecule has 0 aromatic carbocycles. The van der Waals surface area contributed by atoms with Gasteiger partial charge in [0.25, 0.3) is 0 Å². The molecule has 0 spiro atoms. The second-order valence-electron chi connectivity index (χ2n) is 4.68. The average molecular weight is 290 g/mol. The molecular formula is C15H22N4O2. The summed E-state index contributed by atoms with van der Waals surface area (Å²) in [5.74, 6) is 2.36. The minimum atomic E-state index is 0.419. The molecule has 0 bridgehead atoms. The molecule has 0 fully saturated rings. The lowest BCUT2D eigenvalue weighted by Crippen LogP contribution is -2.19. The van der Waals surface area contributed by atoms with Crippen molar-refractivity contribution < 1.29 is 9.15 Å². The zero-order valence-corrected chi connectivity index (χ0v) is 12.8. The molecule has 0 radical (unpaired) electrons. The van der Waals surface area contributed by atoms with Crippen LogP contribution < -0.4 is 10.2 Å². The molecule has 0 unspecified atom stereocenters. The van der Waals surface area contributed by atoms with Gasteiger partial charge in [-0.25, -0.2) is 9.97 Å². The van der Waals surface area contributed by atoms with Crippen molar-refractivity contribution in [1.29, 1.82) is 0 Å². The van der Waals surface area contributed by atoms with Crippen LogP contribution in [0.4, 0.5) is 11.6 Å². The highest BCUT2D eigenvalue weighted by atomic mass is 16.5. The minimum absolute atomic E-state index is 0.419. The largest absolute Gasteiger partial charge is 0.472 e. The first-order chi connectivity index (χ1) is 10.2. The first-order valence-corrected chi connectivity index (χ1v) is 7.14. The van der Waals surface area contributed by atoms with Gasteiger partial charge in [0.05, 0.1) is 12.5 Å². The Labute approximate surface area is 125 Å². The Morgan fingerprint density at radius 2 is 2.19 bits per heavy atom. The molecule has 0 atom stereocenters. The Morgan fingerprint density at radius 3 is 2.86 bits per heavy atom. The monoisotopic (exact) mass is 290 g/mol. The van der Waals surface area contributed by atoms with Crippen LogP contribution in [-0.4, -0.2) is 30.2 Å². The summed E-state index contributed by atoms with van der Waals surface area (Å²) in [6, 6.07) is 3.89. The lowest BCUT2D eigenvalue weighted by atomic mass is 10.3. The van der Waals surface area contributed by atoms with E-state index in [1.165, 1.54) is 0 Å². The van der Waals surface area contributed by atoms with Gasteiger partial charge in [0.15, 0.2) is 5.82 Å². The minimum Gasteiger partial charge on any atom is -0.472 e. The van der Waals surface area contributed by atoms with E-state index >= 15 is 0 Å². The van der Waals surface area contributed by atoms with Crippen molar-refractivity contribution in [2.45, 2.75) is 27.0 Å². The Kier molecular flexibility index (Phi) is 5.57. The molecule has 0 saturated carbocycles. The molecule has 0 aliphatic heterocycles. The van der Waals surface area contributed by atoms with Gasteiger partial charge >= 0.3 is 0 Å². The van der Waals surface area contributed by atoms with E-state index in [9.17, 15) is 0 Å². The van der Waals surface area contributed by atoms with Gasteiger partial charge in [-0.2, -0.15) is 0 Å². The molecule has 2 rings (SSSR count). The van der Waals surface area contributed by atoms with E-state index in [1.54, 1.807) is 12.5 Å². The second-order valence-corrected chi connectivity index (χ2v) is 4.68. The quantitative estimate of drug-likeness (QED) is 0.806. The lowest BCUT2D eigenvalue weighted by molar-refractivity contribution is 0.128. The third kappa shape index (κ3) is 4.46. The van der Waals surface area contributed by atoms with Crippen LogP contribution in [0.1, 0.15) is 25.2 Å². The van der Waals surface area contributed by atoms with Crippen molar-refractivity contribution in [3.05, 3.63) is 36.0 Å². The molecule has 114 valence electrons. The summed E-state index contributed by atoms with van der Waals surface area (Å²) >= 11 is 0. The molecule has 1 N–H and O–H groups in total. The number of furan rings is 1. The SMILES string of the molecule is CCNc1cc(N(C)Cc2ccoc2)nc(COCC)n1. The smallest absolute Gasteiger partial charge is 0.158 e. The Hall–Kier alpha value is -2.08. The van der Waals surface area contributed by atoms with E-state index in [4.69, 9.17) is 9.15 Å². The van der Waals surface area contributed by atoms with Crippen LogP contribution in [0.15, 0.2) is 29.1 Å². The number of anilines is 2. The van der Waals surface area contributed by atoms with Crippen LogP contribution in [0.3, 0.4) is 0 Å². The zero-order valence-electron chi connectivity index (χ0n) is 12.8. The highest BCUT2D eigenvalue weighted by Gasteiger charge is 2.09.